The zero-order valence-corrected chi connectivity index (χ0v) is 9.57. The third kappa shape index (κ3) is 8.54. The molecule has 3 heteroatoms. The fraction of sp³-hybridized carbons (Fsp3) is 1.00. The van der Waals surface area contributed by atoms with Crippen LogP contribution in [0.3, 0.4) is 0 Å². The molecule has 1 N–H and O–H groups in total. The molecule has 0 aliphatic rings. The fourth-order valence-corrected chi connectivity index (χ4v) is 1.52. The molecular weight excluding hydrogens is 186 g/mol. The molecule has 0 saturated heterocycles. The van der Waals surface area contributed by atoms with E-state index in [0.29, 0.717) is 11.9 Å². The van der Waals surface area contributed by atoms with Crippen LogP contribution in [-0.4, -0.2) is 32.2 Å². The van der Waals surface area contributed by atoms with Crippen LogP contribution in [0.1, 0.15) is 32.6 Å². The second kappa shape index (κ2) is 10.3. The molecule has 0 radical (unpaired) electrons. The van der Waals surface area contributed by atoms with E-state index in [1.807, 2.05) is 0 Å². The zero-order chi connectivity index (χ0) is 9.94. The van der Waals surface area contributed by atoms with Crippen molar-refractivity contribution in [3.63, 3.8) is 0 Å². The average molecular weight is 208 g/mol. The third-order valence-corrected chi connectivity index (χ3v) is 2.26. The Bertz CT molecular complexity index is 94.9. The summed E-state index contributed by atoms with van der Waals surface area (Å²) in [6, 6.07) is 0.430. The van der Waals surface area contributed by atoms with Crippen LogP contribution in [0, 0.1) is 0 Å². The maximum Gasteiger partial charge on any atom is 0.0616 e. The summed E-state index contributed by atoms with van der Waals surface area (Å²) < 4.78 is 5.09. The summed E-state index contributed by atoms with van der Waals surface area (Å²) in [5, 5.41) is 3.45. The quantitative estimate of drug-likeness (QED) is 0.463. The first-order valence-corrected chi connectivity index (χ1v) is 5.66. The van der Waals surface area contributed by atoms with Gasteiger partial charge < -0.3 is 10.1 Å². The molecule has 0 aliphatic carbocycles. The van der Waals surface area contributed by atoms with Crippen molar-refractivity contribution in [3.05, 3.63) is 0 Å². The molecule has 1 unspecified atom stereocenters. The van der Waals surface area contributed by atoms with Gasteiger partial charge in [-0.2, -0.15) is 0 Å². The lowest BCUT2D eigenvalue weighted by Gasteiger charge is -2.16. The maximum atomic E-state index is 5.68. The number of alkyl halides is 1. The van der Waals surface area contributed by atoms with Crippen molar-refractivity contribution in [1.82, 2.24) is 5.32 Å². The second-order valence-electron chi connectivity index (χ2n) is 3.29. The molecule has 0 fully saturated rings. The number of methoxy groups -OCH3 is 1. The molecule has 1 atom stereocenters. The predicted molar refractivity (Wildman–Crippen MR) is 58.5 cm³/mol. The highest BCUT2D eigenvalue weighted by molar-refractivity contribution is 6.17. The van der Waals surface area contributed by atoms with Gasteiger partial charge in [0.25, 0.3) is 0 Å². The Morgan fingerprint density at radius 3 is 2.69 bits per heavy atom. The molecule has 0 rings (SSSR count). The smallest absolute Gasteiger partial charge is 0.0616 e. The first-order valence-electron chi connectivity index (χ1n) is 5.13. The van der Waals surface area contributed by atoms with Gasteiger partial charge in [-0.15, -0.1) is 11.6 Å². The SMILES string of the molecule is CCCCCNC(CCCl)COC. The van der Waals surface area contributed by atoms with Crippen LogP contribution >= 0.6 is 11.6 Å². The summed E-state index contributed by atoms with van der Waals surface area (Å²) in [5.74, 6) is 0.703. The Labute approximate surface area is 87.0 Å². The summed E-state index contributed by atoms with van der Waals surface area (Å²) in [5.41, 5.74) is 0. The Balaban J connectivity index is 3.33. The van der Waals surface area contributed by atoms with Gasteiger partial charge in [-0.05, 0) is 19.4 Å². The minimum Gasteiger partial charge on any atom is -0.383 e. The summed E-state index contributed by atoms with van der Waals surface area (Å²) in [7, 11) is 1.73. The number of halogens is 1. The first-order chi connectivity index (χ1) is 6.35. The lowest BCUT2D eigenvalue weighted by Crippen LogP contribution is -2.34. The van der Waals surface area contributed by atoms with E-state index < -0.39 is 0 Å². The van der Waals surface area contributed by atoms with Gasteiger partial charge in [-0.1, -0.05) is 19.8 Å². The second-order valence-corrected chi connectivity index (χ2v) is 3.67. The van der Waals surface area contributed by atoms with Gasteiger partial charge in [0.05, 0.1) is 6.61 Å². The number of nitrogens with one attached hydrogen (secondary N) is 1. The Morgan fingerprint density at radius 1 is 1.38 bits per heavy atom. The van der Waals surface area contributed by atoms with Gasteiger partial charge in [0.15, 0.2) is 0 Å². The van der Waals surface area contributed by atoms with E-state index >= 15 is 0 Å². The molecule has 0 aliphatic heterocycles. The van der Waals surface area contributed by atoms with E-state index in [4.69, 9.17) is 16.3 Å². The Kier molecular flexibility index (Phi) is 10.5. The Morgan fingerprint density at radius 2 is 2.15 bits per heavy atom. The molecule has 13 heavy (non-hydrogen) atoms. The Hall–Kier alpha value is 0.210. The average Bonchev–Trinajstić information content (AvgIpc) is 2.13. The van der Waals surface area contributed by atoms with Crippen LogP contribution < -0.4 is 5.32 Å². The zero-order valence-electron chi connectivity index (χ0n) is 8.81. The van der Waals surface area contributed by atoms with E-state index in [1.165, 1.54) is 19.3 Å². The van der Waals surface area contributed by atoms with Crippen LogP contribution in [0.15, 0.2) is 0 Å². The van der Waals surface area contributed by atoms with Gasteiger partial charge in [0.1, 0.15) is 0 Å². The summed E-state index contributed by atoms with van der Waals surface area (Å²) in [6.45, 7) is 4.06. The van der Waals surface area contributed by atoms with Crippen molar-refractivity contribution >= 4 is 11.6 Å². The van der Waals surface area contributed by atoms with E-state index in [9.17, 15) is 0 Å². The number of ether oxygens (including phenoxy) is 1. The van der Waals surface area contributed by atoms with Gasteiger partial charge in [0, 0.05) is 19.0 Å². The maximum absolute atomic E-state index is 5.68. The van der Waals surface area contributed by atoms with Crippen molar-refractivity contribution in [2.75, 3.05) is 26.1 Å². The standard InChI is InChI=1S/C10H22ClNO/c1-3-4-5-8-12-10(6-7-11)9-13-2/h10,12H,3-9H2,1-2H3. The normalized spacial score (nSPS) is 13.2. The first kappa shape index (κ1) is 13.2. The van der Waals surface area contributed by atoms with Crippen LogP contribution in [0.25, 0.3) is 0 Å². The van der Waals surface area contributed by atoms with Crippen molar-refractivity contribution in [2.24, 2.45) is 0 Å². The van der Waals surface area contributed by atoms with E-state index in [1.54, 1.807) is 7.11 Å². The molecule has 0 bridgehead atoms. The number of hydrogen-bond acceptors (Lipinski definition) is 2. The van der Waals surface area contributed by atoms with Crippen LogP contribution in [0.2, 0.25) is 0 Å². The van der Waals surface area contributed by atoms with E-state index in [0.717, 1.165) is 19.6 Å². The monoisotopic (exact) mass is 207 g/mol. The minimum absolute atomic E-state index is 0.430. The van der Waals surface area contributed by atoms with E-state index in [2.05, 4.69) is 12.2 Å². The molecule has 0 amide bonds. The van der Waals surface area contributed by atoms with Crippen molar-refractivity contribution in [2.45, 2.75) is 38.6 Å². The summed E-state index contributed by atoms with van der Waals surface area (Å²) in [4.78, 5) is 0. The van der Waals surface area contributed by atoms with Gasteiger partial charge >= 0.3 is 0 Å². The molecule has 0 spiro atoms. The van der Waals surface area contributed by atoms with Gasteiger partial charge in [0.2, 0.25) is 0 Å². The van der Waals surface area contributed by atoms with Gasteiger partial charge in [-0.3, -0.25) is 0 Å². The predicted octanol–water partition coefficient (Wildman–Crippen LogP) is 2.41. The number of unbranched alkanes of at least 4 members (excludes halogenated alkanes) is 2. The minimum atomic E-state index is 0.430. The molecule has 0 aromatic carbocycles. The highest BCUT2D eigenvalue weighted by Gasteiger charge is 2.05. The van der Waals surface area contributed by atoms with E-state index in [-0.39, 0.29) is 0 Å². The van der Waals surface area contributed by atoms with Crippen molar-refractivity contribution in [1.29, 1.82) is 0 Å². The summed E-state index contributed by atoms with van der Waals surface area (Å²) in [6.07, 6.45) is 4.81. The molecule has 0 heterocycles. The highest BCUT2D eigenvalue weighted by atomic mass is 35.5. The fourth-order valence-electron chi connectivity index (χ4n) is 1.26. The molecule has 0 aromatic rings. The highest BCUT2D eigenvalue weighted by Crippen LogP contribution is 1.97. The van der Waals surface area contributed by atoms with Crippen LogP contribution in [0.5, 0.6) is 0 Å². The molecule has 0 aromatic heterocycles. The summed E-state index contributed by atoms with van der Waals surface area (Å²) >= 11 is 5.68. The molecule has 2 nitrogen and oxygen atoms in total. The lowest BCUT2D eigenvalue weighted by molar-refractivity contribution is 0.164. The topological polar surface area (TPSA) is 21.3 Å². The van der Waals surface area contributed by atoms with Crippen LogP contribution in [0.4, 0.5) is 0 Å². The molecule has 80 valence electrons. The molecule has 0 saturated carbocycles. The third-order valence-electron chi connectivity index (χ3n) is 2.04. The largest absolute Gasteiger partial charge is 0.383 e. The number of hydrogen-bond donors (Lipinski definition) is 1. The number of rotatable bonds is 9. The van der Waals surface area contributed by atoms with Crippen LogP contribution in [-0.2, 0) is 4.74 Å². The molecular formula is C10H22ClNO. The van der Waals surface area contributed by atoms with Crippen molar-refractivity contribution in [3.8, 4) is 0 Å². The lowest BCUT2D eigenvalue weighted by atomic mass is 10.2. The van der Waals surface area contributed by atoms with Crippen molar-refractivity contribution < 1.29 is 4.74 Å². The van der Waals surface area contributed by atoms with Gasteiger partial charge in [-0.25, -0.2) is 0 Å².